The number of nitriles is 1. The first-order valence-corrected chi connectivity index (χ1v) is 5.11. The van der Waals surface area contributed by atoms with Gasteiger partial charge in [-0.15, -0.1) is 24.0 Å². The van der Waals surface area contributed by atoms with E-state index in [9.17, 15) is 0 Å². The number of rotatable bonds is 0. The zero-order chi connectivity index (χ0) is 9.42. The van der Waals surface area contributed by atoms with Gasteiger partial charge in [-0.25, -0.2) is 0 Å². The lowest BCUT2D eigenvalue weighted by Crippen LogP contribution is -1.75. The van der Waals surface area contributed by atoms with E-state index in [1.807, 2.05) is 25.1 Å². The van der Waals surface area contributed by atoms with E-state index in [-0.39, 0.29) is 0 Å². The largest absolute Gasteiger partial charge is 0.192 e. The van der Waals surface area contributed by atoms with E-state index in [4.69, 9.17) is 5.26 Å². The van der Waals surface area contributed by atoms with Crippen LogP contribution >= 0.6 is 24.0 Å². The van der Waals surface area contributed by atoms with E-state index in [1.165, 1.54) is 4.88 Å². The van der Waals surface area contributed by atoms with E-state index >= 15 is 0 Å². The molecule has 64 valence electrons. The highest BCUT2D eigenvalue weighted by Crippen LogP contribution is 2.32. The second-order valence-corrected chi connectivity index (χ2v) is 4.58. The van der Waals surface area contributed by atoms with Crippen LogP contribution in [0, 0.1) is 18.3 Å². The van der Waals surface area contributed by atoms with E-state index in [2.05, 4.69) is 18.7 Å². The molecule has 1 aromatic carbocycles. The van der Waals surface area contributed by atoms with Crippen LogP contribution < -0.4 is 0 Å². The van der Waals surface area contributed by atoms with Gasteiger partial charge in [0.05, 0.1) is 11.6 Å². The number of benzene rings is 1. The van der Waals surface area contributed by atoms with Crippen molar-refractivity contribution in [3.8, 4) is 6.07 Å². The fraction of sp³-hybridized carbons (Fsp3) is 0.100. The zero-order valence-electron chi connectivity index (χ0n) is 7.03. The van der Waals surface area contributed by atoms with Crippen LogP contribution in [0.2, 0.25) is 0 Å². The maximum Gasteiger partial charge on any atom is 0.0998 e. The number of aryl methyl sites for hydroxylation is 1. The molecular weight excluding hydrogens is 198 g/mol. The highest BCUT2D eigenvalue weighted by Gasteiger charge is 2.06. The Morgan fingerprint density at radius 3 is 2.92 bits per heavy atom. The van der Waals surface area contributed by atoms with Crippen molar-refractivity contribution < 1.29 is 0 Å². The molecule has 1 nitrogen and oxygen atoms in total. The number of nitrogens with zero attached hydrogens (tertiary/aromatic N) is 1. The molecule has 0 bridgehead atoms. The van der Waals surface area contributed by atoms with E-state index in [1.54, 1.807) is 11.3 Å². The summed E-state index contributed by atoms with van der Waals surface area (Å²) in [7, 11) is 0. The quantitative estimate of drug-likeness (QED) is 0.655. The Labute approximate surface area is 86.0 Å². The Bertz CT molecular complexity index is 505. The van der Waals surface area contributed by atoms with Crippen LogP contribution in [0.1, 0.15) is 10.4 Å². The second-order valence-electron chi connectivity index (χ2n) is 2.84. The van der Waals surface area contributed by atoms with Gasteiger partial charge in [-0.3, -0.25) is 0 Å². The summed E-state index contributed by atoms with van der Waals surface area (Å²) >= 11 is 6.03. The molecule has 0 aliphatic carbocycles. The number of thiophene rings is 1. The van der Waals surface area contributed by atoms with Crippen molar-refractivity contribution in [2.45, 2.75) is 11.8 Å². The SMILES string of the molecule is Cc1cc2c(C#N)ccc(S)c2s1. The number of hydrogen-bond acceptors (Lipinski definition) is 3. The molecule has 0 saturated carbocycles. The Kier molecular flexibility index (Phi) is 2.03. The standard InChI is InChI=1S/C10H7NS2/c1-6-4-8-7(5-11)2-3-9(12)10(8)13-6/h2-4,12H,1H3. The van der Waals surface area contributed by atoms with Crippen LogP contribution in [0.25, 0.3) is 10.1 Å². The molecule has 1 aromatic heterocycles. The average Bonchev–Trinajstić information content (AvgIpc) is 2.48. The van der Waals surface area contributed by atoms with Crippen molar-refractivity contribution in [1.82, 2.24) is 0 Å². The van der Waals surface area contributed by atoms with Crippen LogP contribution in [0.5, 0.6) is 0 Å². The highest BCUT2D eigenvalue weighted by molar-refractivity contribution is 7.80. The molecule has 0 aliphatic heterocycles. The van der Waals surface area contributed by atoms with Gasteiger partial charge in [0, 0.05) is 19.9 Å². The van der Waals surface area contributed by atoms with Gasteiger partial charge in [-0.05, 0) is 25.1 Å². The first-order valence-electron chi connectivity index (χ1n) is 3.84. The number of hydrogen-bond donors (Lipinski definition) is 1. The average molecular weight is 205 g/mol. The molecular formula is C10H7NS2. The van der Waals surface area contributed by atoms with Crippen molar-refractivity contribution in [1.29, 1.82) is 5.26 Å². The Morgan fingerprint density at radius 2 is 2.23 bits per heavy atom. The van der Waals surface area contributed by atoms with Gasteiger partial charge in [0.1, 0.15) is 0 Å². The van der Waals surface area contributed by atoms with Gasteiger partial charge in [0.15, 0.2) is 0 Å². The summed E-state index contributed by atoms with van der Waals surface area (Å²) in [5, 5.41) is 9.89. The summed E-state index contributed by atoms with van der Waals surface area (Å²) in [5.41, 5.74) is 0.733. The van der Waals surface area contributed by atoms with Crippen molar-refractivity contribution in [3.05, 3.63) is 28.6 Å². The first kappa shape index (κ1) is 8.61. The van der Waals surface area contributed by atoms with Gasteiger partial charge < -0.3 is 0 Å². The van der Waals surface area contributed by atoms with E-state index in [0.717, 1.165) is 20.5 Å². The number of fused-ring (bicyclic) bond motifs is 1. The number of thiol groups is 1. The fourth-order valence-corrected chi connectivity index (χ4v) is 2.61. The molecule has 0 radical (unpaired) electrons. The molecule has 3 heteroatoms. The minimum Gasteiger partial charge on any atom is -0.192 e. The van der Waals surface area contributed by atoms with Gasteiger partial charge in [0.25, 0.3) is 0 Å². The summed E-state index contributed by atoms with van der Waals surface area (Å²) in [4.78, 5) is 2.17. The molecule has 2 aromatic rings. The van der Waals surface area contributed by atoms with Crippen molar-refractivity contribution in [3.63, 3.8) is 0 Å². The van der Waals surface area contributed by atoms with Crippen molar-refractivity contribution >= 4 is 34.1 Å². The second kappa shape index (κ2) is 3.06. The molecule has 13 heavy (non-hydrogen) atoms. The van der Waals surface area contributed by atoms with Gasteiger partial charge in [0.2, 0.25) is 0 Å². The smallest absolute Gasteiger partial charge is 0.0998 e. The van der Waals surface area contributed by atoms with E-state index < -0.39 is 0 Å². The predicted octanol–water partition coefficient (Wildman–Crippen LogP) is 3.37. The Morgan fingerprint density at radius 1 is 1.46 bits per heavy atom. The van der Waals surface area contributed by atoms with Crippen molar-refractivity contribution in [2.75, 3.05) is 0 Å². The molecule has 0 aliphatic rings. The van der Waals surface area contributed by atoms with Gasteiger partial charge in [-0.2, -0.15) is 5.26 Å². The molecule has 0 saturated heterocycles. The third-order valence-corrected chi connectivity index (χ3v) is 3.51. The van der Waals surface area contributed by atoms with Gasteiger partial charge in [-0.1, -0.05) is 0 Å². The molecule has 0 amide bonds. The molecule has 0 N–H and O–H groups in total. The van der Waals surface area contributed by atoms with Crippen molar-refractivity contribution in [2.24, 2.45) is 0 Å². The zero-order valence-corrected chi connectivity index (χ0v) is 8.75. The molecule has 2 rings (SSSR count). The van der Waals surface area contributed by atoms with E-state index in [0.29, 0.717) is 0 Å². The third kappa shape index (κ3) is 1.32. The normalized spacial score (nSPS) is 10.2. The molecule has 0 fully saturated rings. The van der Waals surface area contributed by atoms with Crippen LogP contribution in [-0.4, -0.2) is 0 Å². The summed E-state index contributed by atoms with van der Waals surface area (Å²) < 4.78 is 1.11. The lowest BCUT2D eigenvalue weighted by molar-refractivity contribution is 1.49. The highest BCUT2D eigenvalue weighted by atomic mass is 32.1. The Balaban J connectivity index is 2.94. The summed E-state index contributed by atoms with van der Waals surface area (Å²) in [5.74, 6) is 0. The summed E-state index contributed by atoms with van der Waals surface area (Å²) in [6.45, 7) is 2.04. The summed E-state index contributed by atoms with van der Waals surface area (Å²) in [6, 6.07) is 7.91. The Hall–Kier alpha value is -0.980. The predicted molar refractivity (Wildman–Crippen MR) is 58.5 cm³/mol. The minimum absolute atomic E-state index is 0.733. The van der Waals surface area contributed by atoms with Crippen LogP contribution in [0.3, 0.4) is 0 Å². The van der Waals surface area contributed by atoms with Crippen LogP contribution in [0.15, 0.2) is 23.1 Å². The maximum absolute atomic E-state index is 8.87. The minimum atomic E-state index is 0.733. The monoisotopic (exact) mass is 205 g/mol. The fourth-order valence-electron chi connectivity index (χ4n) is 1.33. The lowest BCUT2D eigenvalue weighted by Gasteiger charge is -1.95. The first-order chi connectivity index (χ1) is 6.22. The summed E-state index contributed by atoms with van der Waals surface area (Å²) in [6.07, 6.45) is 0. The third-order valence-electron chi connectivity index (χ3n) is 1.91. The molecule has 0 unspecified atom stereocenters. The topological polar surface area (TPSA) is 23.8 Å². The molecule has 0 atom stereocenters. The molecule has 1 heterocycles. The lowest BCUT2D eigenvalue weighted by atomic mass is 10.1. The van der Waals surface area contributed by atoms with Crippen LogP contribution in [-0.2, 0) is 0 Å². The maximum atomic E-state index is 8.87. The van der Waals surface area contributed by atoms with Gasteiger partial charge >= 0.3 is 0 Å². The van der Waals surface area contributed by atoms with Crippen LogP contribution in [0.4, 0.5) is 0 Å². The molecule has 0 spiro atoms.